The molecule has 1 aliphatic rings. The zero-order valence-corrected chi connectivity index (χ0v) is 16.6. The summed E-state index contributed by atoms with van der Waals surface area (Å²) in [6.45, 7) is -0.312. The summed E-state index contributed by atoms with van der Waals surface area (Å²) in [7, 11) is 0. The molecule has 5 rings (SSSR count). The molecule has 0 atom stereocenters. The number of carbonyl (C=O) groups is 2. The maximum atomic E-state index is 12.6. The van der Waals surface area contributed by atoms with Gasteiger partial charge >= 0.3 is 5.97 Å². The van der Waals surface area contributed by atoms with Crippen molar-refractivity contribution in [1.29, 1.82) is 0 Å². The minimum Gasteiger partial charge on any atom is -0.454 e. The third-order valence-electron chi connectivity index (χ3n) is 5.32. The summed E-state index contributed by atoms with van der Waals surface area (Å²) >= 11 is 0. The number of Topliss-reactive ketones (excluding diaryl/α,β-unsaturated/α-hetero) is 1. The second-order valence-electron chi connectivity index (χ2n) is 7.35. The third kappa shape index (κ3) is 3.85. The van der Waals surface area contributed by atoms with E-state index in [2.05, 4.69) is 22.1 Å². The number of aromatic nitrogens is 2. The van der Waals surface area contributed by atoms with Crippen LogP contribution in [0.25, 0.3) is 28.2 Å². The molecule has 0 radical (unpaired) electrons. The lowest BCUT2D eigenvalue weighted by Gasteiger charge is -2.06. The van der Waals surface area contributed by atoms with Crippen molar-refractivity contribution in [3.05, 3.63) is 101 Å². The zero-order chi connectivity index (χ0) is 21.2. The van der Waals surface area contributed by atoms with Gasteiger partial charge in [0.15, 0.2) is 12.4 Å². The SMILES string of the molecule is O=C(C=Cc1cnc2ccccc2n1)OCC(=O)c1ccc2c(c1)-c1ccccc1C2. The highest BCUT2D eigenvalue weighted by Gasteiger charge is 2.19. The number of carbonyl (C=O) groups excluding carboxylic acids is 2. The van der Waals surface area contributed by atoms with E-state index >= 15 is 0 Å². The summed E-state index contributed by atoms with van der Waals surface area (Å²) in [4.78, 5) is 33.3. The summed E-state index contributed by atoms with van der Waals surface area (Å²) in [5, 5.41) is 0. The van der Waals surface area contributed by atoms with Crippen LogP contribution in [0.3, 0.4) is 0 Å². The monoisotopic (exact) mass is 406 g/mol. The van der Waals surface area contributed by atoms with Crippen molar-refractivity contribution in [2.45, 2.75) is 6.42 Å². The molecule has 1 heterocycles. The topological polar surface area (TPSA) is 69.2 Å². The summed E-state index contributed by atoms with van der Waals surface area (Å²) < 4.78 is 5.13. The van der Waals surface area contributed by atoms with Crippen molar-refractivity contribution in [1.82, 2.24) is 9.97 Å². The second kappa shape index (κ2) is 7.95. The van der Waals surface area contributed by atoms with Gasteiger partial charge in [-0.05, 0) is 52.9 Å². The summed E-state index contributed by atoms with van der Waals surface area (Å²) in [6, 6.07) is 21.3. The van der Waals surface area contributed by atoms with Crippen molar-refractivity contribution >= 4 is 28.9 Å². The van der Waals surface area contributed by atoms with Gasteiger partial charge in [0.05, 0.1) is 22.9 Å². The van der Waals surface area contributed by atoms with Crippen LogP contribution >= 0.6 is 0 Å². The van der Waals surface area contributed by atoms with Crippen LogP contribution in [0.5, 0.6) is 0 Å². The number of ketones is 1. The van der Waals surface area contributed by atoms with E-state index in [9.17, 15) is 9.59 Å². The molecule has 0 N–H and O–H groups in total. The first-order valence-electron chi connectivity index (χ1n) is 9.98. The van der Waals surface area contributed by atoms with Gasteiger partial charge in [0, 0.05) is 11.6 Å². The fourth-order valence-electron chi connectivity index (χ4n) is 3.77. The third-order valence-corrected chi connectivity index (χ3v) is 5.32. The van der Waals surface area contributed by atoms with Gasteiger partial charge in [0.25, 0.3) is 0 Å². The number of esters is 1. The van der Waals surface area contributed by atoms with Gasteiger partial charge in [-0.15, -0.1) is 0 Å². The molecule has 0 unspecified atom stereocenters. The highest BCUT2D eigenvalue weighted by molar-refractivity contribution is 6.00. The molecule has 0 aliphatic heterocycles. The Morgan fingerprint density at radius 3 is 2.58 bits per heavy atom. The number of benzene rings is 3. The van der Waals surface area contributed by atoms with Crippen molar-refractivity contribution in [2.75, 3.05) is 6.61 Å². The number of hydrogen-bond donors (Lipinski definition) is 0. The van der Waals surface area contributed by atoms with Crippen LogP contribution in [0, 0.1) is 0 Å². The van der Waals surface area contributed by atoms with E-state index in [1.807, 2.05) is 48.5 Å². The average molecular weight is 406 g/mol. The zero-order valence-electron chi connectivity index (χ0n) is 16.6. The summed E-state index contributed by atoms with van der Waals surface area (Å²) in [5.41, 5.74) is 7.29. The summed E-state index contributed by atoms with van der Waals surface area (Å²) in [5.74, 6) is -0.839. The first kappa shape index (κ1) is 18.9. The number of ether oxygens (including phenoxy) is 1. The van der Waals surface area contributed by atoms with E-state index in [0.29, 0.717) is 11.3 Å². The molecule has 0 saturated carbocycles. The smallest absolute Gasteiger partial charge is 0.331 e. The highest BCUT2D eigenvalue weighted by atomic mass is 16.5. The van der Waals surface area contributed by atoms with Gasteiger partial charge in [0.1, 0.15) is 0 Å². The van der Waals surface area contributed by atoms with Crippen LogP contribution in [-0.4, -0.2) is 28.3 Å². The van der Waals surface area contributed by atoms with Crippen molar-refractivity contribution in [3.63, 3.8) is 0 Å². The molecule has 0 spiro atoms. The predicted octanol–water partition coefficient (Wildman–Crippen LogP) is 4.64. The lowest BCUT2D eigenvalue weighted by atomic mass is 10.0. The molecule has 0 fully saturated rings. The van der Waals surface area contributed by atoms with Crippen LogP contribution in [0.1, 0.15) is 27.2 Å². The fraction of sp³-hybridized carbons (Fsp3) is 0.0769. The molecule has 5 heteroatoms. The second-order valence-corrected chi connectivity index (χ2v) is 7.35. The molecule has 1 aliphatic carbocycles. The Morgan fingerprint density at radius 1 is 0.903 bits per heavy atom. The molecule has 150 valence electrons. The number of nitrogens with zero attached hydrogens (tertiary/aromatic N) is 2. The average Bonchev–Trinajstić information content (AvgIpc) is 3.19. The number of rotatable bonds is 5. The van der Waals surface area contributed by atoms with Crippen molar-refractivity contribution in [3.8, 4) is 11.1 Å². The van der Waals surface area contributed by atoms with E-state index in [1.54, 1.807) is 12.3 Å². The molecule has 4 aromatic rings. The number of hydrogen-bond acceptors (Lipinski definition) is 5. The first-order valence-corrected chi connectivity index (χ1v) is 9.98. The van der Waals surface area contributed by atoms with Gasteiger partial charge in [-0.25, -0.2) is 9.78 Å². The number of fused-ring (bicyclic) bond motifs is 4. The maximum Gasteiger partial charge on any atom is 0.331 e. The Kier molecular flexibility index (Phi) is 4.84. The molecule has 1 aromatic heterocycles. The van der Waals surface area contributed by atoms with E-state index in [1.165, 1.54) is 23.3 Å². The first-order chi connectivity index (χ1) is 15.2. The molecular weight excluding hydrogens is 388 g/mol. The molecule has 0 amide bonds. The molecule has 3 aromatic carbocycles. The van der Waals surface area contributed by atoms with Crippen molar-refractivity contribution in [2.24, 2.45) is 0 Å². The van der Waals surface area contributed by atoms with Crippen LogP contribution in [0.15, 0.2) is 79.0 Å². The predicted molar refractivity (Wildman–Crippen MR) is 119 cm³/mol. The standard InChI is InChI=1S/C26H18N2O3/c29-25(19-10-9-18-13-17-5-1-2-6-21(17)22(18)14-19)16-31-26(30)12-11-20-15-27-23-7-3-4-8-24(23)28-20/h1-12,14-15H,13,16H2. The largest absolute Gasteiger partial charge is 0.454 e. The van der Waals surface area contributed by atoms with Gasteiger partial charge in [0.2, 0.25) is 0 Å². The lowest BCUT2D eigenvalue weighted by Crippen LogP contribution is -2.12. The quantitative estimate of drug-likeness (QED) is 0.242. The Bertz CT molecular complexity index is 1360. The van der Waals surface area contributed by atoms with E-state index in [0.717, 1.165) is 28.6 Å². The Morgan fingerprint density at radius 2 is 1.68 bits per heavy atom. The minimum absolute atomic E-state index is 0.237. The molecule has 0 saturated heterocycles. The van der Waals surface area contributed by atoms with Gasteiger partial charge in [-0.2, -0.15) is 0 Å². The minimum atomic E-state index is -0.602. The van der Waals surface area contributed by atoms with Gasteiger partial charge < -0.3 is 4.74 Å². The maximum absolute atomic E-state index is 12.6. The van der Waals surface area contributed by atoms with Crippen LogP contribution in [-0.2, 0) is 16.0 Å². The van der Waals surface area contributed by atoms with Gasteiger partial charge in [-0.3, -0.25) is 9.78 Å². The fourth-order valence-corrected chi connectivity index (χ4v) is 3.77. The van der Waals surface area contributed by atoms with Crippen molar-refractivity contribution < 1.29 is 14.3 Å². The van der Waals surface area contributed by atoms with Gasteiger partial charge in [-0.1, -0.05) is 48.5 Å². The van der Waals surface area contributed by atoms with E-state index in [4.69, 9.17) is 4.74 Å². The van der Waals surface area contributed by atoms with Crippen LogP contribution in [0.2, 0.25) is 0 Å². The highest BCUT2D eigenvalue weighted by Crippen LogP contribution is 2.36. The molecule has 0 bridgehead atoms. The number of para-hydroxylation sites is 2. The van der Waals surface area contributed by atoms with Crippen LogP contribution in [0.4, 0.5) is 0 Å². The lowest BCUT2D eigenvalue weighted by molar-refractivity contribution is -0.136. The van der Waals surface area contributed by atoms with E-state index < -0.39 is 5.97 Å². The van der Waals surface area contributed by atoms with Crippen LogP contribution < -0.4 is 0 Å². The molecular formula is C26H18N2O3. The Balaban J connectivity index is 1.23. The van der Waals surface area contributed by atoms with E-state index in [-0.39, 0.29) is 12.4 Å². The Labute approximate surface area is 179 Å². The molecule has 31 heavy (non-hydrogen) atoms. The normalized spacial score (nSPS) is 12.0. The molecule has 5 nitrogen and oxygen atoms in total. The Hall–Kier alpha value is -4.12. The summed E-state index contributed by atoms with van der Waals surface area (Å²) in [6.07, 6.45) is 5.24.